The molecule has 1 aliphatic rings. The zero-order valence-corrected chi connectivity index (χ0v) is 8.80. The Kier molecular flexibility index (Phi) is 2.72. The van der Waals surface area contributed by atoms with Crippen LogP contribution in [0.25, 0.3) is 0 Å². The molecular weight excluding hydrogens is 200 g/mol. The van der Waals surface area contributed by atoms with Crippen molar-refractivity contribution in [3.8, 4) is 5.75 Å². The number of hydrogen-bond donors (Lipinski definition) is 0. The average Bonchev–Trinajstić information content (AvgIpc) is 2.92. The van der Waals surface area contributed by atoms with Crippen LogP contribution in [-0.4, -0.2) is 19.7 Å². The van der Waals surface area contributed by atoms with Crippen LogP contribution in [0.1, 0.15) is 22.5 Å². The molecule has 0 N–H and O–H groups in total. The van der Waals surface area contributed by atoms with Crippen molar-refractivity contribution in [2.45, 2.75) is 12.8 Å². The summed E-state index contributed by atoms with van der Waals surface area (Å²) >= 11 is 1.35. The van der Waals surface area contributed by atoms with E-state index in [1.54, 1.807) is 0 Å². The lowest BCUT2D eigenvalue weighted by atomic mass is 10.4. The molecule has 1 aromatic rings. The number of carbonyl (C=O) groups is 1. The monoisotopic (exact) mass is 212 g/mol. The van der Waals surface area contributed by atoms with E-state index in [0.717, 1.165) is 6.61 Å². The number of ether oxygens (including phenoxy) is 2. The Morgan fingerprint density at radius 1 is 1.64 bits per heavy atom. The van der Waals surface area contributed by atoms with Gasteiger partial charge in [-0.2, -0.15) is 0 Å². The summed E-state index contributed by atoms with van der Waals surface area (Å²) in [4.78, 5) is 11.8. The van der Waals surface area contributed by atoms with Gasteiger partial charge in [-0.3, -0.25) is 0 Å². The minimum atomic E-state index is -0.314. The highest BCUT2D eigenvalue weighted by Gasteiger charge is 2.23. The van der Waals surface area contributed by atoms with E-state index in [-0.39, 0.29) is 5.97 Å². The van der Waals surface area contributed by atoms with Gasteiger partial charge >= 0.3 is 5.97 Å². The number of carbonyl (C=O) groups excluding carboxylic acids is 1. The first-order valence-electron chi connectivity index (χ1n) is 4.60. The van der Waals surface area contributed by atoms with Gasteiger partial charge in [0.25, 0.3) is 0 Å². The summed E-state index contributed by atoms with van der Waals surface area (Å²) < 4.78 is 10.2. The van der Waals surface area contributed by atoms with Crippen molar-refractivity contribution < 1.29 is 14.3 Å². The molecule has 1 fully saturated rings. The second-order valence-corrected chi connectivity index (χ2v) is 4.28. The molecule has 0 radical (unpaired) electrons. The van der Waals surface area contributed by atoms with E-state index < -0.39 is 0 Å². The molecule has 0 aromatic carbocycles. The third-order valence-electron chi connectivity index (χ3n) is 2.17. The SMILES string of the molecule is COC(=O)c1sccc1OCC1CC1. The number of methoxy groups -OCH3 is 1. The summed E-state index contributed by atoms with van der Waals surface area (Å²) in [7, 11) is 1.38. The molecule has 4 heteroatoms. The molecule has 3 nitrogen and oxygen atoms in total. The zero-order valence-electron chi connectivity index (χ0n) is 7.99. The minimum Gasteiger partial charge on any atom is -0.492 e. The van der Waals surface area contributed by atoms with Gasteiger partial charge < -0.3 is 9.47 Å². The van der Waals surface area contributed by atoms with Crippen LogP contribution in [0.4, 0.5) is 0 Å². The van der Waals surface area contributed by atoms with Crippen LogP contribution in [0.3, 0.4) is 0 Å². The van der Waals surface area contributed by atoms with Crippen molar-refractivity contribution in [1.29, 1.82) is 0 Å². The van der Waals surface area contributed by atoms with E-state index in [0.29, 0.717) is 16.5 Å². The van der Waals surface area contributed by atoms with Crippen LogP contribution in [-0.2, 0) is 4.74 Å². The molecule has 1 aliphatic carbocycles. The molecule has 1 aromatic heterocycles. The minimum absolute atomic E-state index is 0.314. The van der Waals surface area contributed by atoms with Crippen LogP contribution in [0.2, 0.25) is 0 Å². The molecule has 1 heterocycles. The van der Waals surface area contributed by atoms with Crippen LogP contribution < -0.4 is 4.74 Å². The Morgan fingerprint density at radius 3 is 3.07 bits per heavy atom. The number of esters is 1. The third kappa shape index (κ3) is 2.07. The van der Waals surface area contributed by atoms with Crippen molar-refractivity contribution >= 4 is 17.3 Å². The van der Waals surface area contributed by atoms with Crippen LogP contribution in [0.5, 0.6) is 5.75 Å². The molecule has 0 spiro atoms. The molecule has 0 saturated heterocycles. The molecule has 0 amide bonds. The molecule has 2 rings (SSSR count). The lowest BCUT2D eigenvalue weighted by Crippen LogP contribution is -2.04. The quantitative estimate of drug-likeness (QED) is 0.718. The van der Waals surface area contributed by atoms with Gasteiger partial charge in [0.05, 0.1) is 13.7 Å². The van der Waals surface area contributed by atoms with Crippen LogP contribution in [0.15, 0.2) is 11.4 Å². The first kappa shape index (κ1) is 9.52. The number of rotatable bonds is 4. The largest absolute Gasteiger partial charge is 0.492 e. The summed E-state index contributed by atoms with van der Waals surface area (Å²) in [5, 5.41) is 1.84. The second kappa shape index (κ2) is 4.00. The summed E-state index contributed by atoms with van der Waals surface area (Å²) in [6.07, 6.45) is 2.50. The summed E-state index contributed by atoms with van der Waals surface area (Å²) in [6, 6.07) is 1.82. The predicted molar refractivity (Wildman–Crippen MR) is 53.9 cm³/mol. The van der Waals surface area contributed by atoms with Gasteiger partial charge in [-0.25, -0.2) is 4.79 Å². The van der Waals surface area contributed by atoms with Gasteiger partial charge in [-0.15, -0.1) is 11.3 Å². The number of thiophene rings is 1. The first-order chi connectivity index (χ1) is 6.81. The Balaban J connectivity index is 2.00. The van der Waals surface area contributed by atoms with Crippen LogP contribution >= 0.6 is 11.3 Å². The molecule has 0 atom stereocenters. The van der Waals surface area contributed by atoms with E-state index in [4.69, 9.17) is 4.74 Å². The average molecular weight is 212 g/mol. The standard InChI is InChI=1S/C10H12O3S/c1-12-10(11)9-8(4-5-14-9)13-6-7-2-3-7/h4-5,7H,2-3,6H2,1H3. The van der Waals surface area contributed by atoms with Gasteiger partial charge in [0.1, 0.15) is 5.75 Å². The van der Waals surface area contributed by atoms with Gasteiger partial charge in [-0.05, 0) is 30.2 Å². The molecule has 1 saturated carbocycles. The van der Waals surface area contributed by atoms with E-state index in [9.17, 15) is 4.79 Å². The highest BCUT2D eigenvalue weighted by Crippen LogP contribution is 2.32. The molecular formula is C10H12O3S. The smallest absolute Gasteiger partial charge is 0.351 e. The van der Waals surface area contributed by atoms with Crippen molar-refractivity contribution in [3.63, 3.8) is 0 Å². The normalized spacial score (nSPS) is 15.2. The first-order valence-corrected chi connectivity index (χ1v) is 5.48. The molecule has 0 aliphatic heterocycles. The maximum absolute atomic E-state index is 11.3. The van der Waals surface area contributed by atoms with E-state index in [1.165, 1.54) is 31.3 Å². The van der Waals surface area contributed by atoms with Gasteiger partial charge in [-0.1, -0.05) is 0 Å². The molecule has 76 valence electrons. The lowest BCUT2D eigenvalue weighted by molar-refractivity contribution is 0.0602. The van der Waals surface area contributed by atoms with Gasteiger partial charge in [0, 0.05) is 0 Å². The van der Waals surface area contributed by atoms with Crippen LogP contribution in [0, 0.1) is 5.92 Å². The summed E-state index contributed by atoms with van der Waals surface area (Å²) in [5.74, 6) is 1.04. The fraction of sp³-hybridized carbons (Fsp3) is 0.500. The van der Waals surface area contributed by atoms with Crippen molar-refractivity contribution in [2.24, 2.45) is 5.92 Å². The predicted octanol–water partition coefficient (Wildman–Crippen LogP) is 2.32. The van der Waals surface area contributed by atoms with Gasteiger partial charge in [0.15, 0.2) is 4.88 Å². The molecule has 14 heavy (non-hydrogen) atoms. The fourth-order valence-electron chi connectivity index (χ4n) is 1.14. The zero-order chi connectivity index (χ0) is 9.97. The molecule has 0 unspecified atom stereocenters. The summed E-state index contributed by atoms with van der Waals surface area (Å²) in [5.41, 5.74) is 0. The van der Waals surface area contributed by atoms with Crippen molar-refractivity contribution in [1.82, 2.24) is 0 Å². The van der Waals surface area contributed by atoms with E-state index in [1.807, 2.05) is 11.4 Å². The van der Waals surface area contributed by atoms with E-state index >= 15 is 0 Å². The summed E-state index contributed by atoms with van der Waals surface area (Å²) in [6.45, 7) is 0.723. The topological polar surface area (TPSA) is 35.5 Å². The Bertz CT molecular complexity index is 328. The highest BCUT2D eigenvalue weighted by molar-refractivity contribution is 7.12. The lowest BCUT2D eigenvalue weighted by Gasteiger charge is -2.04. The highest BCUT2D eigenvalue weighted by atomic mass is 32.1. The Labute approximate surface area is 86.6 Å². The third-order valence-corrected chi connectivity index (χ3v) is 3.05. The van der Waals surface area contributed by atoms with E-state index in [2.05, 4.69) is 4.74 Å². The maximum atomic E-state index is 11.3. The number of hydrogen-bond acceptors (Lipinski definition) is 4. The maximum Gasteiger partial charge on any atom is 0.351 e. The fourth-order valence-corrected chi connectivity index (χ4v) is 1.90. The van der Waals surface area contributed by atoms with Crippen molar-refractivity contribution in [3.05, 3.63) is 16.3 Å². The second-order valence-electron chi connectivity index (χ2n) is 3.36. The Morgan fingerprint density at radius 2 is 2.43 bits per heavy atom. The van der Waals surface area contributed by atoms with Gasteiger partial charge in [0.2, 0.25) is 0 Å². The van der Waals surface area contributed by atoms with Crippen molar-refractivity contribution in [2.75, 3.05) is 13.7 Å². The molecule has 0 bridgehead atoms. The Hall–Kier alpha value is -1.03.